The highest BCUT2D eigenvalue weighted by molar-refractivity contribution is 6.08. The second-order valence-corrected chi connectivity index (χ2v) is 6.15. The third-order valence-electron chi connectivity index (χ3n) is 4.61. The first-order chi connectivity index (χ1) is 13.7. The number of carbonyl (C=O) groups excluding carboxylic acids is 1. The number of hydrogen-bond donors (Lipinski definition) is 1. The zero-order chi connectivity index (χ0) is 19.7. The molecule has 0 amide bonds. The Morgan fingerprint density at radius 3 is 2.29 bits per heavy atom. The number of carbonyl (C=O) groups is 1. The summed E-state index contributed by atoms with van der Waals surface area (Å²) in [7, 11) is 4.47. The molecule has 1 aromatic heterocycles. The maximum Gasteiger partial charge on any atom is 0.347 e. The lowest BCUT2D eigenvalue weighted by molar-refractivity contribution is 0.0730. The molecule has 0 fully saturated rings. The number of aromatic nitrogens is 1. The second-order valence-electron chi connectivity index (χ2n) is 6.15. The van der Waals surface area contributed by atoms with E-state index in [1.54, 1.807) is 18.2 Å². The Morgan fingerprint density at radius 1 is 0.786 bits per heavy atom. The Hall–Kier alpha value is -3.67. The molecule has 3 aromatic carbocycles. The van der Waals surface area contributed by atoms with Gasteiger partial charge in [0.05, 0.1) is 21.3 Å². The molecule has 0 atom stereocenters. The number of para-hydroxylation sites is 1. The van der Waals surface area contributed by atoms with Gasteiger partial charge in [-0.3, -0.25) is 0 Å². The zero-order valence-corrected chi connectivity index (χ0v) is 15.7. The Kier molecular flexibility index (Phi) is 4.53. The predicted molar refractivity (Wildman–Crippen MR) is 107 cm³/mol. The third kappa shape index (κ3) is 2.89. The van der Waals surface area contributed by atoms with Crippen molar-refractivity contribution in [1.82, 2.24) is 4.98 Å². The first-order valence-electron chi connectivity index (χ1n) is 8.68. The molecule has 0 bridgehead atoms. The van der Waals surface area contributed by atoms with Gasteiger partial charge in [0, 0.05) is 21.8 Å². The molecule has 4 rings (SSSR count). The highest BCUT2D eigenvalue weighted by Gasteiger charge is 2.22. The molecule has 0 aliphatic rings. The molecule has 0 unspecified atom stereocenters. The fourth-order valence-corrected chi connectivity index (χ4v) is 3.31. The Balaban J connectivity index is 1.71. The first kappa shape index (κ1) is 17.7. The van der Waals surface area contributed by atoms with Crippen molar-refractivity contribution in [1.29, 1.82) is 0 Å². The summed E-state index contributed by atoms with van der Waals surface area (Å²) in [5.41, 5.74) is 2.26. The van der Waals surface area contributed by atoms with Crippen molar-refractivity contribution in [2.24, 2.45) is 0 Å². The van der Waals surface area contributed by atoms with Gasteiger partial charge in [0.2, 0.25) is 5.75 Å². The Labute approximate surface area is 161 Å². The monoisotopic (exact) mass is 377 g/mol. The van der Waals surface area contributed by atoms with Gasteiger partial charge in [-0.15, -0.1) is 0 Å². The van der Waals surface area contributed by atoms with Gasteiger partial charge in [-0.1, -0.05) is 18.2 Å². The molecular formula is C22H19NO5. The number of esters is 1. The van der Waals surface area contributed by atoms with Crippen LogP contribution < -0.4 is 18.9 Å². The van der Waals surface area contributed by atoms with Gasteiger partial charge in [0.25, 0.3) is 0 Å². The van der Waals surface area contributed by atoms with Crippen molar-refractivity contribution in [2.45, 2.75) is 0 Å². The highest BCUT2D eigenvalue weighted by atomic mass is 16.5. The van der Waals surface area contributed by atoms with Gasteiger partial charge >= 0.3 is 5.97 Å². The Bertz CT molecular complexity index is 1180. The average molecular weight is 377 g/mol. The molecule has 1 N–H and O–H groups in total. The SMILES string of the molecule is COc1ccc(C(=O)Oc2ccc3[nH]c4ccccc4c3c2)c(OC)c1OC. The van der Waals surface area contributed by atoms with E-state index in [0.29, 0.717) is 17.2 Å². The van der Waals surface area contributed by atoms with Crippen molar-refractivity contribution < 1.29 is 23.7 Å². The maximum absolute atomic E-state index is 12.8. The number of ether oxygens (including phenoxy) is 4. The van der Waals surface area contributed by atoms with Crippen LogP contribution in [0.3, 0.4) is 0 Å². The van der Waals surface area contributed by atoms with E-state index in [9.17, 15) is 4.79 Å². The van der Waals surface area contributed by atoms with E-state index in [2.05, 4.69) is 4.98 Å². The summed E-state index contributed by atoms with van der Waals surface area (Å²) >= 11 is 0. The summed E-state index contributed by atoms with van der Waals surface area (Å²) in [6.45, 7) is 0. The minimum Gasteiger partial charge on any atom is -0.493 e. The molecule has 28 heavy (non-hydrogen) atoms. The fraction of sp³-hybridized carbons (Fsp3) is 0.136. The van der Waals surface area contributed by atoms with E-state index in [1.165, 1.54) is 21.3 Å². The van der Waals surface area contributed by atoms with Gasteiger partial charge in [0.1, 0.15) is 11.3 Å². The maximum atomic E-state index is 12.8. The summed E-state index contributed by atoms with van der Waals surface area (Å²) in [5, 5.41) is 2.05. The van der Waals surface area contributed by atoms with E-state index in [1.807, 2.05) is 36.4 Å². The molecule has 0 aliphatic carbocycles. The van der Waals surface area contributed by atoms with E-state index in [-0.39, 0.29) is 11.3 Å². The smallest absolute Gasteiger partial charge is 0.347 e. The standard InChI is InChI=1S/C22H19NO5/c1-25-19-11-9-15(20(26-2)21(19)27-3)22(24)28-13-8-10-18-16(12-13)14-6-4-5-7-17(14)23-18/h4-12,23H,1-3H3. The normalized spacial score (nSPS) is 10.8. The van der Waals surface area contributed by atoms with Crippen LogP contribution in [0, 0.1) is 0 Å². The average Bonchev–Trinajstić information content (AvgIpc) is 3.10. The van der Waals surface area contributed by atoms with Crippen molar-refractivity contribution in [3.63, 3.8) is 0 Å². The van der Waals surface area contributed by atoms with Crippen molar-refractivity contribution in [3.05, 3.63) is 60.2 Å². The largest absolute Gasteiger partial charge is 0.493 e. The van der Waals surface area contributed by atoms with Crippen LogP contribution in [0.25, 0.3) is 21.8 Å². The topological polar surface area (TPSA) is 69.8 Å². The van der Waals surface area contributed by atoms with Gasteiger partial charge in [-0.25, -0.2) is 4.79 Å². The van der Waals surface area contributed by atoms with Gasteiger partial charge in [0.15, 0.2) is 11.5 Å². The van der Waals surface area contributed by atoms with Crippen molar-refractivity contribution in [2.75, 3.05) is 21.3 Å². The Morgan fingerprint density at radius 2 is 1.54 bits per heavy atom. The lowest BCUT2D eigenvalue weighted by Crippen LogP contribution is -2.11. The van der Waals surface area contributed by atoms with Crippen LogP contribution in [-0.4, -0.2) is 32.3 Å². The van der Waals surface area contributed by atoms with E-state index < -0.39 is 5.97 Å². The third-order valence-corrected chi connectivity index (χ3v) is 4.61. The molecule has 0 aliphatic heterocycles. The number of nitrogens with one attached hydrogen (secondary N) is 1. The summed E-state index contributed by atoms with van der Waals surface area (Å²) in [6, 6.07) is 16.7. The zero-order valence-electron chi connectivity index (χ0n) is 15.7. The second kappa shape index (κ2) is 7.15. The summed E-state index contributed by atoms with van der Waals surface area (Å²) in [6.07, 6.45) is 0. The number of hydrogen-bond acceptors (Lipinski definition) is 5. The van der Waals surface area contributed by atoms with Crippen LogP contribution in [0.2, 0.25) is 0 Å². The highest BCUT2D eigenvalue weighted by Crippen LogP contribution is 2.40. The minimum absolute atomic E-state index is 0.249. The van der Waals surface area contributed by atoms with Crippen molar-refractivity contribution in [3.8, 4) is 23.0 Å². The molecule has 0 spiro atoms. The molecule has 142 valence electrons. The van der Waals surface area contributed by atoms with Crippen LogP contribution in [-0.2, 0) is 0 Å². The van der Waals surface area contributed by atoms with Gasteiger partial charge < -0.3 is 23.9 Å². The van der Waals surface area contributed by atoms with Crippen LogP contribution in [0.4, 0.5) is 0 Å². The predicted octanol–water partition coefficient (Wildman–Crippen LogP) is 4.57. The fourth-order valence-electron chi connectivity index (χ4n) is 3.31. The number of methoxy groups -OCH3 is 3. The molecule has 6 heteroatoms. The van der Waals surface area contributed by atoms with Gasteiger partial charge in [-0.2, -0.15) is 0 Å². The van der Waals surface area contributed by atoms with E-state index >= 15 is 0 Å². The lowest BCUT2D eigenvalue weighted by atomic mass is 10.1. The summed E-state index contributed by atoms with van der Waals surface area (Å²) in [4.78, 5) is 16.1. The van der Waals surface area contributed by atoms with E-state index in [4.69, 9.17) is 18.9 Å². The summed E-state index contributed by atoms with van der Waals surface area (Å²) in [5.74, 6) is 0.971. The van der Waals surface area contributed by atoms with Crippen LogP contribution >= 0.6 is 0 Å². The molecule has 4 aromatic rings. The quantitative estimate of drug-likeness (QED) is 0.408. The number of rotatable bonds is 5. The lowest BCUT2D eigenvalue weighted by Gasteiger charge is -2.15. The minimum atomic E-state index is -0.544. The van der Waals surface area contributed by atoms with Crippen LogP contribution in [0.5, 0.6) is 23.0 Å². The van der Waals surface area contributed by atoms with Crippen molar-refractivity contribution >= 4 is 27.8 Å². The molecule has 6 nitrogen and oxygen atoms in total. The summed E-state index contributed by atoms with van der Waals surface area (Å²) < 4.78 is 21.6. The molecule has 0 radical (unpaired) electrons. The molecule has 1 heterocycles. The van der Waals surface area contributed by atoms with E-state index in [0.717, 1.165) is 21.8 Å². The molecule has 0 saturated carbocycles. The first-order valence-corrected chi connectivity index (χ1v) is 8.68. The number of benzene rings is 3. The number of aromatic amines is 1. The molecular weight excluding hydrogens is 358 g/mol. The number of H-pyrrole nitrogens is 1. The molecule has 0 saturated heterocycles. The van der Waals surface area contributed by atoms with Crippen LogP contribution in [0.15, 0.2) is 54.6 Å². The number of fused-ring (bicyclic) bond motifs is 3. The van der Waals surface area contributed by atoms with Gasteiger partial charge in [-0.05, 0) is 36.4 Å². The van der Waals surface area contributed by atoms with Crippen LogP contribution in [0.1, 0.15) is 10.4 Å².